The molecule has 0 fully saturated rings. The average Bonchev–Trinajstić information content (AvgIpc) is 2.76. The van der Waals surface area contributed by atoms with Crippen molar-refractivity contribution in [1.29, 1.82) is 0 Å². The summed E-state index contributed by atoms with van der Waals surface area (Å²) < 4.78 is 0. The van der Waals surface area contributed by atoms with Gasteiger partial charge in [0.2, 0.25) is 0 Å². The van der Waals surface area contributed by atoms with Crippen molar-refractivity contribution in [3.05, 3.63) is 57.8 Å². The number of rotatable bonds is 5. The molecule has 0 spiro atoms. The first-order chi connectivity index (χ1) is 8.27. The third kappa shape index (κ3) is 3.40. The molecule has 2 aromatic rings. The SMILES string of the molecule is Cc1ccsc1CNC[C@H](N)c1ccccc1. The average molecular weight is 246 g/mol. The number of hydrogen-bond donors (Lipinski definition) is 2. The Morgan fingerprint density at radius 1 is 1.24 bits per heavy atom. The molecule has 0 unspecified atom stereocenters. The standard InChI is InChI=1S/C14H18N2S/c1-11-7-8-17-14(11)10-16-9-13(15)12-5-3-2-4-6-12/h2-8,13,16H,9-10,15H2,1H3/t13-/m0/s1. The van der Waals surface area contributed by atoms with Crippen molar-refractivity contribution in [3.8, 4) is 0 Å². The maximum Gasteiger partial charge on any atom is 0.0421 e. The van der Waals surface area contributed by atoms with E-state index in [0.29, 0.717) is 0 Å². The van der Waals surface area contributed by atoms with Gasteiger partial charge in [-0.2, -0.15) is 0 Å². The monoisotopic (exact) mass is 246 g/mol. The lowest BCUT2D eigenvalue weighted by atomic mass is 10.1. The van der Waals surface area contributed by atoms with Crippen LogP contribution in [0.2, 0.25) is 0 Å². The molecule has 1 atom stereocenters. The lowest BCUT2D eigenvalue weighted by molar-refractivity contribution is 0.600. The van der Waals surface area contributed by atoms with E-state index in [1.54, 1.807) is 11.3 Å². The molecule has 0 aliphatic carbocycles. The van der Waals surface area contributed by atoms with Crippen LogP contribution in [0.3, 0.4) is 0 Å². The third-order valence-electron chi connectivity index (χ3n) is 2.85. The van der Waals surface area contributed by atoms with E-state index in [0.717, 1.165) is 13.1 Å². The summed E-state index contributed by atoms with van der Waals surface area (Å²) in [6, 6.07) is 12.4. The van der Waals surface area contributed by atoms with E-state index < -0.39 is 0 Å². The van der Waals surface area contributed by atoms with Gasteiger partial charge in [-0.05, 0) is 29.5 Å². The van der Waals surface area contributed by atoms with Gasteiger partial charge in [0.1, 0.15) is 0 Å². The molecule has 3 N–H and O–H groups in total. The smallest absolute Gasteiger partial charge is 0.0421 e. The van der Waals surface area contributed by atoms with Crippen LogP contribution in [0.25, 0.3) is 0 Å². The van der Waals surface area contributed by atoms with Crippen LogP contribution in [-0.2, 0) is 6.54 Å². The Morgan fingerprint density at radius 2 is 2.00 bits per heavy atom. The van der Waals surface area contributed by atoms with Crippen molar-refractivity contribution in [2.24, 2.45) is 5.73 Å². The second-order valence-corrected chi connectivity index (χ2v) is 5.18. The van der Waals surface area contributed by atoms with Crippen LogP contribution in [0.5, 0.6) is 0 Å². The molecule has 1 heterocycles. The van der Waals surface area contributed by atoms with Crippen LogP contribution in [0.1, 0.15) is 22.0 Å². The van der Waals surface area contributed by atoms with E-state index in [4.69, 9.17) is 5.73 Å². The highest BCUT2D eigenvalue weighted by atomic mass is 32.1. The van der Waals surface area contributed by atoms with E-state index in [9.17, 15) is 0 Å². The first-order valence-corrected chi connectivity index (χ1v) is 6.69. The van der Waals surface area contributed by atoms with Gasteiger partial charge in [-0.25, -0.2) is 0 Å². The Hall–Kier alpha value is -1.16. The fourth-order valence-electron chi connectivity index (χ4n) is 1.74. The number of aryl methyl sites for hydroxylation is 1. The lowest BCUT2D eigenvalue weighted by Crippen LogP contribution is -2.26. The highest BCUT2D eigenvalue weighted by Gasteiger charge is 2.05. The van der Waals surface area contributed by atoms with Crippen LogP contribution in [0.15, 0.2) is 41.8 Å². The van der Waals surface area contributed by atoms with Crippen molar-refractivity contribution in [1.82, 2.24) is 5.32 Å². The summed E-state index contributed by atoms with van der Waals surface area (Å²) >= 11 is 1.79. The molecule has 17 heavy (non-hydrogen) atoms. The topological polar surface area (TPSA) is 38.0 Å². The highest BCUT2D eigenvalue weighted by molar-refractivity contribution is 7.10. The number of hydrogen-bond acceptors (Lipinski definition) is 3. The minimum absolute atomic E-state index is 0.0662. The second kappa shape index (κ2) is 5.96. The molecule has 1 aromatic heterocycles. The molecule has 0 aliphatic rings. The van der Waals surface area contributed by atoms with E-state index in [1.807, 2.05) is 18.2 Å². The van der Waals surface area contributed by atoms with Gasteiger partial charge >= 0.3 is 0 Å². The van der Waals surface area contributed by atoms with Crippen molar-refractivity contribution >= 4 is 11.3 Å². The fourth-order valence-corrected chi connectivity index (χ4v) is 2.62. The Labute approximate surface area is 106 Å². The van der Waals surface area contributed by atoms with Gasteiger partial charge in [-0.1, -0.05) is 30.3 Å². The van der Waals surface area contributed by atoms with Gasteiger partial charge in [-0.15, -0.1) is 11.3 Å². The van der Waals surface area contributed by atoms with Gasteiger partial charge in [0.25, 0.3) is 0 Å². The number of nitrogens with one attached hydrogen (secondary N) is 1. The largest absolute Gasteiger partial charge is 0.323 e. The normalized spacial score (nSPS) is 12.6. The fraction of sp³-hybridized carbons (Fsp3) is 0.286. The van der Waals surface area contributed by atoms with Gasteiger partial charge in [0.05, 0.1) is 0 Å². The Balaban J connectivity index is 1.81. The maximum atomic E-state index is 6.11. The Kier molecular flexibility index (Phi) is 4.31. The van der Waals surface area contributed by atoms with Crippen molar-refractivity contribution < 1.29 is 0 Å². The van der Waals surface area contributed by atoms with E-state index in [-0.39, 0.29) is 6.04 Å². The lowest BCUT2D eigenvalue weighted by Gasteiger charge is -2.12. The molecule has 1 aromatic carbocycles. The molecule has 0 radical (unpaired) electrons. The summed E-state index contributed by atoms with van der Waals surface area (Å²) in [5.74, 6) is 0. The van der Waals surface area contributed by atoms with Crippen LogP contribution in [-0.4, -0.2) is 6.54 Å². The quantitative estimate of drug-likeness (QED) is 0.851. The molecule has 90 valence electrons. The minimum atomic E-state index is 0.0662. The summed E-state index contributed by atoms with van der Waals surface area (Å²) in [6.07, 6.45) is 0. The predicted octanol–water partition coefficient (Wildman–Crippen LogP) is 2.85. The van der Waals surface area contributed by atoms with Crippen molar-refractivity contribution in [2.75, 3.05) is 6.54 Å². The van der Waals surface area contributed by atoms with Gasteiger partial charge in [0.15, 0.2) is 0 Å². The molecule has 2 nitrogen and oxygen atoms in total. The van der Waals surface area contributed by atoms with Crippen LogP contribution < -0.4 is 11.1 Å². The molecule has 0 bridgehead atoms. The summed E-state index contributed by atoms with van der Waals surface area (Å²) in [4.78, 5) is 1.39. The summed E-state index contributed by atoms with van der Waals surface area (Å²) in [7, 11) is 0. The Bertz CT molecular complexity index is 450. The molecule has 0 saturated heterocycles. The minimum Gasteiger partial charge on any atom is -0.323 e. The Morgan fingerprint density at radius 3 is 2.65 bits per heavy atom. The van der Waals surface area contributed by atoms with Crippen LogP contribution in [0, 0.1) is 6.92 Å². The van der Waals surface area contributed by atoms with Crippen molar-refractivity contribution in [2.45, 2.75) is 19.5 Å². The molecule has 0 aliphatic heterocycles. The molecule has 0 amide bonds. The zero-order valence-electron chi connectivity index (χ0n) is 10.0. The first kappa shape index (κ1) is 12.3. The van der Waals surface area contributed by atoms with E-state index in [1.165, 1.54) is 16.0 Å². The first-order valence-electron chi connectivity index (χ1n) is 5.81. The number of benzene rings is 1. The summed E-state index contributed by atoms with van der Waals surface area (Å²) in [6.45, 7) is 3.86. The van der Waals surface area contributed by atoms with Crippen LogP contribution in [0.4, 0.5) is 0 Å². The van der Waals surface area contributed by atoms with Crippen LogP contribution >= 0.6 is 11.3 Å². The number of thiophene rings is 1. The zero-order valence-corrected chi connectivity index (χ0v) is 10.8. The predicted molar refractivity (Wildman–Crippen MR) is 74.1 cm³/mol. The van der Waals surface area contributed by atoms with Gasteiger partial charge in [0, 0.05) is 24.0 Å². The van der Waals surface area contributed by atoms with E-state index in [2.05, 4.69) is 35.8 Å². The molecule has 2 rings (SSSR count). The van der Waals surface area contributed by atoms with E-state index >= 15 is 0 Å². The molecular formula is C14H18N2S. The molecule has 0 saturated carbocycles. The second-order valence-electron chi connectivity index (χ2n) is 4.17. The highest BCUT2D eigenvalue weighted by Crippen LogP contribution is 2.15. The van der Waals surface area contributed by atoms with Gasteiger partial charge in [-0.3, -0.25) is 0 Å². The zero-order chi connectivity index (χ0) is 12.1. The van der Waals surface area contributed by atoms with Gasteiger partial charge < -0.3 is 11.1 Å². The molecule has 3 heteroatoms. The number of nitrogens with two attached hydrogens (primary N) is 1. The molecular weight excluding hydrogens is 228 g/mol. The third-order valence-corrected chi connectivity index (χ3v) is 3.87. The summed E-state index contributed by atoms with van der Waals surface area (Å²) in [5.41, 5.74) is 8.65. The summed E-state index contributed by atoms with van der Waals surface area (Å²) in [5, 5.41) is 5.54. The van der Waals surface area contributed by atoms with Crippen molar-refractivity contribution in [3.63, 3.8) is 0 Å². The maximum absolute atomic E-state index is 6.11.